The van der Waals surface area contributed by atoms with Crippen LogP contribution < -0.4 is 5.32 Å². The number of hydrogen-bond donors (Lipinski definition) is 9. The van der Waals surface area contributed by atoms with Crippen LogP contribution in [0.15, 0.2) is 85.1 Å². The van der Waals surface area contributed by atoms with Gasteiger partial charge in [-0.2, -0.15) is 0 Å². The summed E-state index contributed by atoms with van der Waals surface area (Å²) in [6, 6.07) is -0.920. The Morgan fingerprint density at radius 3 is 1.03 bits per heavy atom. The Kier molecular flexibility index (Phi) is 67.3. The van der Waals surface area contributed by atoms with Crippen LogP contribution in [0.1, 0.15) is 380 Å². The first kappa shape index (κ1) is 96.2. The second-order valence-electron chi connectivity index (χ2n) is 30.3. The van der Waals surface area contributed by atoms with E-state index in [1.54, 1.807) is 6.08 Å². The molecule has 0 aromatic rings. The van der Waals surface area contributed by atoms with Gasteiger partial charge in [0.2, 0.25) is 5.91 Å². The summed E-state index contributed by atoms with van der Waals surface area (Å²) in [5, 5.41) is 87.8. The molecule has 0 radical (unpaired) electrons. The van der Waals surface area contributed by atoms with E-state index in [0.717, 1.165) is 77.0 Å². The molecule has 1 amide bonds. The molecule has 9 N–H and O–H groups in total. The molecule has 14 heteroatoms. The lowest BCUT2D eigenvalue weighted by atomic mass is 9.97. The SMILES string of the molecule is CC/C=C\C/C=C\C/C=C\C/C=C\C/C=C\C/C=C\CCCCCCCCCCCCCCCCCCCCC(=O)NC(COC1OC(CO)C(OC2OC(CO)C(O)C(O)C2O)C(O)C1O)C(O)/C=C/CCCCCCCCCCCCCCCCCCCCCCCCCCCCCCCC. The van der Waals surface area contributed by atoms with Crippen LogP contribution in [-0.2, 0) is 23.7 Å². The number of ether oxygens (including phenoxy) is 4. The Labute approximate surface area is 631 Å². The zero-order chi connectivity index (χ0) is 74.4. The van der Waals surface area contributed by atoms with Crippen LogP contribution in [0.5, 0.6) is 0 Å². The zero-order valence-corrected chi connectivity index (χ0v) is 66.1. The monoisotopic (exact) mass is 1450 g/mol. The lowest BCUT2D eigenvalue weighted by Crippen LogP contribution is -2.65. The fraction of sp³-hybridized carbons (Fsp3) is 0.831. The van der Waals surface area contributed by atoms with Crippen molar-refractivity contribution in [1.29, 1.82) is 0 Å². The molecule has 12 unspecified atom stereocenters. The molecule has 2 rings (SSSR count). The molecule has 600 valence electrons. The highest BCUT2D eigenvalue weighted by atomic mass is 16.7. The van der Waals surface area contributed by atoms with Gasteiger partial charge in [-0.3, -0.25) is 4.79 Å². The molecule has 2 saturated heterocycles. The topological polar surface area (TPSA) is 228 Å². The summed E-state index contributed by atoms with van der Waals surface area (Å²) in [5.41, 5.74) is 0. The quantitative estimate of drug-likeness (QED) is 0.0204. The number of amides is 1. The Bertz CT molecular complexity index is 2060. The van der Waals surface area contributed by atoms with Gasteiger partial charge in [0.15, 0.2) is 12.6 Å². The smallest absolute Gasteiger partial charge is 0.220 e. The van der Waals surface area contributed by atoms with Gasteiger partial charge in [0.25, 0.3) is 0 Å². The minimum absolute atomic E-state index is 0.234. The van der Waals surface area contributed by atoms with Crippen molar-refractivity contribution in [3.8, 4) is 0 Å². The van der Waals surface area contributed by atoms with E-state index in [-0.39, 0.29) is 18.9 Å². The molecule has 2 aliphatic rings. The van der Waals surface area contributed by atoms with Crippen LogP contribution in [0.25, 0.3) is 0 Å². The number of nitrogens with one attached hydrogen (secondary N) is 1. The number of unbranched alkanes of at least 4 members (excludes halogenated alkanes) is 48. The van der Waals surface area contributed by atoms with E-state index in [2.05, 4.69) is 92.1 Å². The standard InChI is InChI=1S/C89H161NO13/c1-3-5-7-9-11-13-15-17-19-21-23-25-27-29-31-33-35-37-38-39-40-41-43-45-47-49-51-53-55-57-59-61-63-65-67-69-71-73-81(94)90-77(76-100-88-86(99)84(97)87(80(75-92)102-88)103-89-85(98)83(96)82(95)79(74-91)101-89)78(93)72-70-68-66-64-62-60-58-56-54-52-50-48-46-44-42-36-34-32-30-28-26-24-22-20-18-16-14-12-10-8-6-4-2/h5,7,11,13,17,19,23,25,29,31,35,37,70,72,77-80,82-89,91-93,95-99H,3-4,6,8-10,12,14-16,18,20-22,24,26-28,30,32-34,36,38-69,71,73-76H2,1-2H3,(H,90,94)/b7-5-,13-11-,19-17-,25-23-,31-29-,37-35-,72-70+. The lowest BCUT2D eigenvalue weighted by Gasteiger charge is -2.46. The number of carbonyl (C=O) groups excluding carboxylic acids is 1. The van der Waals surface area contributed by atoms with Crippen molar-refractivity contribution in [2.24, 2.45) is 0 Å². The fourth-order valence-electron chi connectivity index (χ4n) is 14.1. The van der Waals surface area contributed by atoms with Gasteiger partial charge < -0.3 is 65.1 Å². The van der Waals surface area contributed by atoms with Crippen molar-refractivity contribution in [1.82, 2.24) is 5.32 Å². The van der Waals surface area contributed by atoms with E-state index in [1.807, 2.05) is 6.08 Å². The van der Waals surface area contributed by atoms with Gasteiger partial charge >= 0.3 is 0 Å². The van der Waals surface area contributed by atoms with Crippen molar-refractivity contribution in [2.45, 2.75) is 453 Å². The molecular weight excluding hydrogens is 1290 g/mol. The van der Waals surface area contributed by atoms with Crippen LogP contribution in [0.4, 0.5) is 0 Å². The van der Waals surface area contributed by atoms with Crippen LogP contribution in [0.3, 0.4) is 0 Å². The number of carbonyl (C=O) groups is 1. The Morgan fingerprint density at radius 1 is 0.359 bits per heavy atom. The molecule has 0 aromatic heterocycles. The Balaban J connectivity index is 1.58. The van der Waals surface area contributed by atoms with Crippen molar-refractivity contribution in [2.75, 3.05) is 19.8 Å². The molecule has 0 spiro atoms. The van der Waals surface area contributed by atoms with Gasteiger partial charge in [-0.05, 0) is 70.6 Å². The van der Waals surface area contributed by atoms with Crippen molar-refractivity contribution < 1.29 is 64.6 Å². The van der Waals surface area contributed by atoms with E-state index in [4.69, 9.17) is 18.9 Å². The van der Waals surface area contributed by atoms with E-state index >= 15 is 0 Å². The predicted octanol–water partition coefficient (Wildman–Crippen LogP) is 20.6. The molecule has 0 saturated carbocycles. The highest BCUT2D eigenvalue weighted by Gasteiger charge is 2.51. The molecule has 2 aliphatic heterocycles. The maximum atomic E-state index is 13.4. The molecule has 0 bridgehead atoms. The third-order valence-electron chi connectivity index (χ3n) is 20.8. The molecule has 12 atom stereocenters. The van der Waals surface area contributed by atoms with Gasteiger partial charge in [-0.25, -0.2) is 0 Å². The van der Waals surface area contributed by atoms with E-state index < -0.39 is 86.8 Å². The lowest BCUT2D eigenvalue weighted by molar-refractivity contribution is -0.359. The predicted molar refractivity (Wildman–Crippen MR) is 429 cm³/mol. The molecule has 0 aromatic carbocycles. The summed E-state index contributed by atoms with van der Waals surface area (Å²) in [5.74, 6) is -0.234. The highest BCUT2D eigenvalue weighted by Crippen LogP contribution is 2.30. The highest BCUT2D eigenvalue weighted by molar-refractivity contribution is 5.76. The van der Waals surface area contributed by atoms with E-state index in [9.17, 15) is 45.6 Å². The number of allylic oxidation sites excluding steroid dienone is 13. The number of rotatable bonds is 73. The second kappa shape index (κ2) is 72.1. The molecular formula is C89H161NO13. The van der Waals surface area contributed by atoms with Crippen molar-refractivity contribution in [3.05, 3.63) is 85.1 Å². The summed E-state index contributed by atoms with van der Waals surface area (Å²) >= 11 is 0. The Hall–Kier alpha value is -2.83. The first-order chi connectivity index (χ1) is 50.6. The van der Waals surface area contributed by atoms with Crippen LogP contribution in [0.2, 0.25) is 0 Å². The minimum atomic E-state index is -1.79. The largest absolute Gasteiger partial charge is 0.394 e. The summed E-state index contributed by atoms with van der Waals surface area (Å²) in [6.45, 7) is 2.74. The maximum absolute atomic E-state index is 13.4. The van der Waals surface area contributed by atoms with Crippen LogP contribution in [0, 0.1) is 0 Å². The summed E-state index contributed by atoms with van der Waals surface area (Å²) in [6.07, 6.45) is 85.4. The number of aliphatic hydroxyl groups excluding tert-OH is 8. The Morgan fingerprint density at radius 2 is 0.670 bits per heavy atom. The maximum Gasteiger partial charge on any atom is 0.220 e. The van der Waals surface area contributed by atoms with Crippen molar-refractivity contribution >= 4 is 5.91 Å². The normalized spacial score (nSPS) is 22.0. The fourth-order valence-corrected chi connectivity index (χ4v) is 14.1. The third kappa shape index (κ3) is 54.4. The third-order valence-corrected chi connectivity index (χ3v) is 20.8. The van der Waals surface area contributed by atoms with Crippen LogP contribution in [-0.4, -0.2) is 140 Å². The number of hydrogen-bond acceptors (Lipinski definition) is 13. The first-order valence-electron chi connectivity index (χ1n) is 43.3. The number of aliphatic hydroxyl groups is 8. The summed E-state index contributed by atoms with van der Waals surface area (Å²) < 4.78 is 23.0. The molecule has 2 fully saturated rings. The van der Waals surface area contributed by atoms with E-state index in [1.165, 1.54) is 276 Å². The summed E-state index contributed by atoms with van der Waals surface area (Å²) in [4.78, 5) is 13.4. The van der Waals surface area contributed by atoms with Gasteiger partial charge in [0, 0.05) is 6.42 Å². The van der Waals surface area contributed by atoms with Crippen LogP contribution >= 0.6 is 0 Å². The molecule has 103 heavy (non-hydrogen) atoms. The van der Waals surface area contributed by atoms with Gasteiger partial charge in [0.05, 0.1) is 32.0 Å². The summed E-state index contributed by atoms with van der Waals surface area (Å²) in [7, 11) is 0. The van der Waals surface area contributed by atoms with Gasteiger partial charge in [0.1, 0.15) is 48.8 Å². The average molecular weight is 1450 g/mol. The zero-order valence-electron chi connectivity index (χ0n) is 66.1. The molecule has 0 aliphatic carbocycles. The second-order valence-corrected chi connectivity index (χ2v) is 30.3. The van der Waals surface area contributed by atoms with Gasteiger partial charge in [-0.1, -0.05) is 388 Å². The van der Waals surface area contributed by atoms with Gasteiger partial charge in [-0.15, -0.1) is 0 Å². The molecule has 2 heterocycles. The average Bonchev–Trinajstić information content (AvgIpc) is 0.791. The van der Waals surface area contributed by atoms with E-state index in [0.29, 0.717) is 6.42 Å². The molecule has 14 nitrogen and oxygen atoms in total. The minimum Gasteiger partial charge on any atom is -0.394 e. The van der Waals surface area contributed by atoms with Crippen molar-refractivity contribution in [3.63, 3.8) is 0 Å². The first-order valence-corrected chi connectivity index (χ1v) is 43.3.